The van der Waals surface area contributed by atoms with E-state index in [4.69, 9.17) is 5.84 Å². The molecule has 0 aliphatic heterocycles. The summed E-state index contributed by atoms with van der Waals surface area (Å²) in [5.41, 5.74) is 5.29. The van der Waals surface area contributed by atoms with Crippen LogP contribution in [0.1, 0.15) is 17.2 Å². The molecule has 0 spiro atoms. The first-order chi connectivity index (χ1) is 8.70. The van der Waals surface area contributed by atoms with E-state index in [2.05, 4.69) is 55.5 Å². The quantitative estimate of drug-likeness (QED) is 0.632. The van der Waals surface area contributed by atoms with Crippen molar-refractivity contribution < 1.29 is 0 Å². The minimum atomic E-state index is 0.0983. The third-order valence-electron chi connectivity index (χ3n) is 2.83. The third-order valence-corrected chi connectivity index (χ3v) is 4.10. The van der Waals surface area contributed by atoms with Gasteiger partial charge in [-0.05, 0) is 35.7 Å². The van der Waals surface area contributed by atoms with E-state index in [9.17, 15) is 0 Å². The third kappa shape index (κ3) is 3.42. The number of nitrogens with one attached hydrogen (secondary N) is 1. The standard InChI is InChI=1S/C14H14Br2N2/c15-12-6-3-5-11(8-12)14(18-17)9-10-4-1-2-7-13(10)16/h1-8,14,18H,9,17H2. The fourth-order valence-electron chi connectivity index (χ4n) is 1.88. The van der Waals surface area contributed by atoms with Crippen molar-refractivity contribution in [1.29, 1.82) is 0 Å². The summed E-state index contributed by atoms with van der Waals surface area (Å²) in [5.74, 6) is 5.67. The Morgan fingerprint density at radius 3 is 2.50 bits per heavy atom. The second-order valence-corrected chi connectivity index (χ2v) is 5.84. The highest BCUT2D eigenvalue weighted by atomic mass is 79.9. The van der Waals surface area contributed by atoms with Crippen LogP contribution in [0.4, 0.5) is 0 Å². The van der Waals surface area contributed by atoms with Crippen LogP contribution in [0, 0.1) is 0 Å². The molecule has 1 atom stereocenters. The normalized spacial score (nSPS) is 12.4. The smallest absolute Gasteiger partial charge is 0.0501 e. The van der Waals surface area contributed by atoms with E-state index in [1.165, 1.54) is 11.1 Å². The Bertz CT molecular complexity index is 529. The first-order valence-electron chi connectivity index (χ1n) is 5.65. The lowest BCUT2D eigenvalue weighted by atomic mass is 9.99. The lowest BCUT2D eigenvalue weighted by Gasteiger charge is -2.17. The van der Waals surface area contributed by atoms with Crippen LogP contribution in [0.2, 0.25) is 0 Å². The summed E-state index contributed by atoms with van der Waals surface area (Å²) in [6.07, 6.45) is 0.842. The molecule has 4 heteroatoms. The van der Waals surface area contributed by atoms with Gasteiger partial charge in [-0.3, -0.25) is 11.3 Å². The highest BCUT2D eigenvalue weighted by Gasteiger charge is 2.12. The van der Waals surface area contributed by atoms with Crippen LogP contribution in [0.25, 0.3) is 0 Å². The molecule has 94 valence electrons. The van der Waals surface area contributed by atoms with Crippen LogP contribution in [-0.2, 0) is 6.42 Å². The molecule has 0 aliphatic rings. The summed E-state index contributed by atoms with van der Waals surface area (Å²) in [7, 11) is 0. The first-order valence-corrected chi connectivity index (χ1v) is 7.24. The van der Waals surface area contributed by atoms with Gasteiger partial charge in [0.25, 0.3) is 0 Å². The summed E-state index contributed by atoms with van der Waals surface area (Å²) in [6.45, 7) is 0. The molecule has 0 bridgehead atoms. The Morgan fingerprint density at radius 2 is 1.83 bits per heavy atom. The van der Waals surface area contributed by atoms with Gasteiger partial charge < -0.3 is 0 Å². The zero-order valence-electron chi connectivity index (χ0n) is 9.74. The lowest BCUT2D eigenvalue weighted by Crippen LogP contribution is -2.29. The van der Waals surface area contributed by atoms with Crippen molar-refractivity contribution in [3.63, 3.8) is 0 Å². The van der Waals surface area contributed by atoms with Crippen LogP contribution >= 0.6 is 31.9 Å². The maximum absolute atomic E-state index is 5.67. The van der Waals surface area contributed by atoms with Crippen LogP contribution in [0.3, 0.4) is 0 Å². The van der Waals surface area contributed by atoms with Crippen molar-refractivity contribution in [2.75, 3.05) is 0 Å². The zero-order valence-corrected chi connectivity index (χ0v) is 12.9. The molecule has 0 saturated carbocycles. The monoisotopic (exact) mass is 368 g/mol. The highest BCUT2D eigenvalue weighted by molar-refractivity contribution is 9.10. The topological polar surface area (TPSA) is 38.0 Å². The van der Waals surface area contributed by atoms with Crippen molar-refractivity contribution in [3.05, 3.63) is 68.6 Å². The van der Waals surface area contributed by atoms with Crippen molar-refractivity contribution in [2.45, 2.75) is 12.5 Å². The molecule has 3 N–H and O–H groups in total. The fourth-order valence-corrected chi connectivity index (χ4v) is 2.74. The molecule has 2 rings (SSSR count). The number of hydrogen-bond donors (Lipinski definition) is 2. The summed E-state index contributed by atoms with van der Waals surface area (Å²) >= 11 is 7.04. The van der Waals surface area contributed by atoms with Crippen molar-refractivity contribution in [2.24, 2.45) is 5.84 Å². The Morgan fingerprint density at radius 1 is 1.06 bits per heavy atom. The second kappa shape index (κ2) is 6.48. The molecule has 0 amide bonds. The number of rotatable bonds is 4. The molecular weight excluding hydrogens is 356 g/mol. The zero-order chi connectivity index (χ0) is 13.0. The van der Waals surface area contributed by atoms with E-state index in [0.29, 0.717) is 0 Å². The molecule has 1 unspecified atom stereocenters. The predicted molar refractivity (Wildman–Crippen MR) is 82.1 cm³/mol. The average molecular weight is 370 g/mol. The molecule has 2 nitrogen and oxygen atoms in total. The van der Waals surface area contributed by atoms with Gasteiger partial charge in [0.05, 0.1) is 6.04 Å². The molecule has 2 aromatic carbocycles. The molecular formula is C14H14Br2N2. The van der Waals surface area contributed by atoms with E-state index < -0.39 is 0 Å². The van der Waals surface area contributed by atoms with Gasteiger partial charge >= 0.3 is 0 Å². The molecule has 0 aliphatic carbocycles. The Balaban J connectivity index is 2.23. The Kier molecular flexibility index (Phi) is 4.95. The number of hydrogen-bond acceptors (Lipinski definition) is 2. The average Bonchev–Trinajstić information content (AvgIpc) is 2.38. The van der Waals surface area contributed by atoms with E-state index >= 15 is 0 Å². The largest absolute Gasteiger partial charge is 0.271 e. The van der Waals surface area contributed by atoms with E-state index in [0.717, 1.165) is 15.4 Å². The van der Waals surface area contributed by atoms with Crippen molar-refractivity contribution in [3.8, 4) is 0 Å². The van der Waals surface area contributed by atoms with Gasteiger partial charge in [-0.15, -0.1) is 0 Å². The van der Waals surface area contributed by atoms with Gasteiger partial charge in [0.2, 0.25) is 0 Å². The Labute approximate surface area is 124 Å². The van der Waals surface area contributed by atoms with Gasteiger partial charge in [0.1, 0.15) is 0 Å². The molecule has 2 aromatic rings. The summed E-state index contributed by atoms with van der Waals surface area (Å²) in [5, 5.41) is 0. The molecule has 18 heavy (non-hydrogen) atoms. The predicted octanol–water partition coefficient (Wildman–Crippen LogP) is 3.96. The van der Waals surface area contributed by atoms with E-state index in [1.807, 2.05) is 30.3 Å². The maximum atomic E-state index is 5.67. The van der Waals surface area contributed by atoms with Crippen LogP contribution in [0.5, 0.6) is 0 Å². The van der Waals surface area contributed by atoms with Crippen LogP contribution in [-0.4, -0.2) is 0 Å². The van der Waals surface area contributed by atoms with Gasteiger partial charge in [-0.25, -0.2) is 0 Å². The number of halogens is 2. The summed E-state index contributed by atoms with van der Waals surface area (Å²) in [6, 6.07) is 16.5. The second-order valence-electron chi connectivity index (χ2n) is 4.07. The first kappa shape index (κ1) is 13.7. The Hall–Kier alpha value is -0.680. The van der Waals surface area contributed by atoms with E-state index in [-0.39, 0.29) is 6.04 Å². The summed E-state index contributed by atoms with van der Waals surface area (Å²) < 4.78 is 2.17. The van der Waals surface area contributed by atoms with Gasteiger partial charge in [-0.1, -0.05) is 62.2 Å². The SMILES string of the molecule is NNC(Cc1ccccc1Br)c1cccc(Br)c1. The lowest BCUT2D eigenvalue weighted by molar-refractivity contribution is 0.551. The molecule has 0 radical (unpaired) electrons. The van der Waals surface area contributed by atoms with Gasteiger partial charge in [0, 0.05) is 8.95 Å². The van der Waals surface area contributed by atoms with Crippen LogP contribution in [0.15, 0.2) is 57.5 Å². The number of benzene rings is 2. The molecule has 0 heterocycles. The minimum absolute atomic E-state index is 0.0983. The summed E-state index contributed by atoms with van der Waals surface area (Å²) in [4.78, 5) is 0. The van der Waals surface area contributed by atoms with Gasteiger partial charge in [0.15, 0.2) is 0 Å². The molecule has 0 aromatic heterocycles. The van der Waals surface area contributed by atoms with E-state index in [1.54, 1.807) is 0 Å². The fraction of sp³-hybridized carbons (Fsp3) is 0.143. The maximum Gasteiger partial charge on any atom is 0.0501 e. The number of nitrogens with two attached hydrogens (primary N) is 1. The van der Waals surface area contributed by atoms with Crippen molar-refractivity contribution in [1.82, 2.24) is 5.43 Å². The number of hydrazine groups is 1. The molecule has 0 fully saturated rings. The van der Waals surface area contributed by atoms with Crippen molar-refractivity contribution >= 4 is 31.9 Å². The minimum Gasteiger partial charge on any atom is -0.271 e. The highest BCUT2D eigenvalue weighted by Crippen LogP contribution is 2.24. The molecule has 0 saturated heterocycles. The van der Waals surface area contributed by atoms with Crippen LogP contribution < -0.4 is 11.3 Å². The van der Waals surface area contributed by atoms with Gasteiger partial charge in [-0.2, -0.15) is 0 Å².